The number of carbonyl (C=O) groups excluding carboxylic acids is 1. The topological polar surface area (TPSA) is 38.7 Å². The van der Waals surface area contributed by atoms with Crippen molar-refractivity contribution >= 4 is 24.1 Å². The fourth-order valence-electron chi connectivity index (χ4n) is 1.14. The molecule has 0 atom stereocenters. The third-order valence-electron chi connectivity index (χ3n) is 1.78. The van der Waals surface area contributed by atoms with Gasteiger partial charge in [-0.1, -0.05) is 0 Å². The molecule has 1 aliphatic heterocycles. The zero-order valence-electron chi connectivity index (χ0n) is 7.21. The molecule has 1 aliphatic rings. The van der Waals surface area contributed by atoms with Crippen LogP contribution >= 0.6 is 12.4 Å². The molecular formula is C8H14ClNO2. The Morgan fingerprint density at radius 1 is 1.58 bits per heavy atom. The molecule has 0 aliphatic carbocycles. The summed E-state index contributed by atoms with van der Waals surface area (Å²) in [5.41, 5.74) is 1.00. The van der Waals surface area contributed by atoms with E-state index < -0.39 is 0 Å². The highest BCUT2D eigenvalue weighted by molar-refractivity contribution is 5.99. The van der Waals surface area contributed by atoms with E-state index in [1.807, 2.05) is 0 Å². The molecule has 0 radical (unpaired) electrons. The molecule has 0 aromatic heterocycles. The fraction of sp³-hybridized carbons (Fsp3) is 0.750. The number of rotatable bonds is 2. The minimum atomic E-state index is -0.175. The summed E-state index contributed by atoms with van der Waals surface area (Å²) in [5.74, 6) is -0.175. The van der Waals surface area contributed by atoms with Gasteiger partial charge >= 0.3 is 5.97 Å². The number of methoxy groups -OCH3 is 1. The average Bonchev–Trinajstić information content (AvgIpc) is 2.06. The first kappa shape index (κ1) is 11.4. The first-order chi connectivity index (χ1) is 5.33. The molecule has 0 spiro atoms. The Bertz CT molecular complexity index is 180. The standard InChI is InChI=1S/C8H13NO2.ClH/c1-11-8(10)6-7-4-2-3-5-9-7;/h2-6H2,1H3;1H. The molecule has 1 rings (SSSR count). The summed E-state index contributed by atoms with van der Waals surface area (Å²) in [4.78, 5) is 15.0. The number of hydrogen-bond acceptors (Lipinski definition) is 3. The fourth-order valence-corrected chi connectivity index (χ4v) is 1.14. The molecule has 0 fully saturated rings. The zero-order chi connectivity index (χ0) is 8.10. The summed E-state index contributed by atoms with van der Waals surface area (Å²) in [6, 6.07) is 0. The summed E-state index contributed by atoms with van der Waals surface area (Å²) in [5, 5.41) is 0. The van der Waals surface area contributed by atoms with Crippen LogP contribution < -0.4 is 0 Å². The molecule has 12 heavy (non-hydrogen) atoms. The molecule has 70 valence electrons. The second-order valence-corrected chi connectivity index (χ2v) is 2.66. The van der Waals surface area contributed by atoms with Crippen LogP contribution in [0.15, 0.2) is 4.99 Å². The van der Waals surface area contributed by atoms with Crippen molar-refractivity contribution in [1.29, 1.82) is 0 Å². The molecular weight excluding hydrogens is 178 g/mol. The Morgan fingerprint density at radius 2 is 2.33 bits per heavy atom. The average molecular weight is 192 g/mol. The quantitative estimate of drug-likeness (QED) is 0.622. The van der Waals surface area contributed by atoms with E-state index in [0.29, 0.717) is 6.42 Å². The predicted octanol–water partition coefficient (Wildman–Crippen LogP) is 1.60. The molecule has 0 saturated heterocycles. The van der Waals surface area contributed by atoms with E-state index in [0.717, 1.165) is 31.5 Å². The zero-order valence-corrected chi connectivity index (χ0v) is 8.02. The van der Waals surface area contributed by atoms with Crippen LogP contribution in [0.3, 0.4) is 0 Å². The lowest BCUT2D eigenvalue weighted by Gasteiger charge is -2.09. The normalized spacial score (nSPS) is 15.9. The number of esters is 1. The molecule has 0 bridgehead atoms. The van der Waals surface area contributed by atoms with Crippen LogP contribution in [0.25, 0.3) is 0 Å². The van der Waals surface area contributed by atoms with E-state index in [2.05, 4.69) is 9.73 Å². The van der Waals surface area contributed by atoms with Crippen molar-refractivity contribution < 1.29 is 9.53 Å². The number of nitrogens with zero attached hydrogens (tertiary/aromatic N) is 1. The van der Waals surface area contributed by atoms with Crippen molar-refractivity contribution in [3.05, 3.63) is 0 Å². The number of halogens is 1. The molecule has 0 saturated carbocycles. The van der Waals surface area contributed by atoms with Crippen molar-refractivity contribution in [1.82, 2.24) is 0 Å². The minimum Gasteiger partial charge on any atom is -0.469 e. The van der Waals surface area contributed by atoms with Crippen molar-refractivity contribution in [2.45, 2.75) is 25.7 Å². The van der Waals surface area contributed by atoms with E-state index >= 15 is 0 Å². The first-order valence-electron chi connectivity index (χ1n) is 3.92. The van der Waals surface area contributed by atoms with Crippen LogP contribution in [-0.4, -0.2) is 25.3 Å². The van der Waals surface area contributed by atoms with E-state index in [1.165, 1.54) is 7.11 Å². The lowest BCUT2D eigenvalue weighted by molar-refractivity contribution is -0.139. The van der Waals surface area contributed by atoms with Crippen LogP contribution in [0.5, 0.6) is 0 Å². The van der Waals surface area contributed by atoms with E-state index in [-0.39, 0.29) is 18.4 Å². The highest BCUT2D eigenvalue weighted by Crippen LogP contribution is 2.08. The Morgan fingerprint density at radius 3 is 2.83 bits per heavy atom. The summed E-state index contributed by atoms with van der Waals surface area (Å²) in [6.07, 6.45) is 3.67. The third-order valence-corrected chi connectivity index (χ3v) is 1.78. The van der Waals surface area contributed by atoms with Gasteiger partial charge in [0.2, 0.25) is 0 Å². The molecule has 0 aromatic rings. The van der Waals surface area contributed by atoms with Gasteiger partial charge in [-0.3, -0.25) is 9.79 Å². The monoisotopic (exact) mass is 191 g/mol. The molecule has 3 nitrogen and oxygen atoms in total. The van der Waals surface area contributed by atoms with Crippen LogP contribution in [0, 0.1) is 0 Å². The largest absolute Gasteiger partial charge is 0.469 e. The van der Waals surface area contributed by atoms with E-state index in [4.69, 9.17) is 0 Å². The minimum absolute atomic E-state index is 0. The van der Waals surface area contributed by atoms with Crippen LogP contribution in [0.1, 0.15) is 25.7 Å². The Balaban J connectivity index is 0.00000121. The predicted molar refractivity (Wildman–Crippen MR) is 50.0 cm³/mol. The van der Waals surface area contributed by atoms with Crippen molar-refractivity contribution in [3.63, 3.8) is 0 Å². The lowest BCUT2D eigenvalue weighted by atomic mass is 10.1. The summed E-state index contributed by atoms with van der Waals surface area (Å²) in [6.45, 7) is 0.881. The Hall–Kier alpha value is -0.570. The molecule has 1 heterocycles. The maximum Gasteiger partial charge on any atom is 0.311 e. The summed E-state index contributed by atoms with van der Waals surface area (Å²) < 4.78 is 4.53. The highest BCUT2D eigenvalue weighted by atomic mass is 35.5. The number of carbonyl (C=O) groups is 1. The Kier molecular flexibility index (Phi) is 5.72. The number of ether oxygens (including phenoxy) is 1. The molecule has 0 amide bonds. The Labute approximate surface area is 78.6 Å². The van der Waals surface area contributed by atoms with Gasteiger partial charge in [0.25, 0.3) is 0 Å². The van der Waals surface area contributed by atoms with Crippen molar-refractivity contribution in [3.8, 4) is 0 Å². The number of hydrogen-bond donors (Lipinski definition) is 0. The second-order valence-electron chi connectivity index (χ2n) is 2.66. The van der Waals surface area contributed by atoms with Gasteiger partial charge < -0.3 is 4.74 Å². The third kappa shape index (κ3) is 3.72. The molecule has 0 unspecified atom stereocenters. The maximum absolute atomic E-state index is 10.8. The lowest BCUT2D eigenvalue weighted by Crippen LogP contribution is -2.12. The van der Waals surface area contributed by atoms with Gasteiger partial charge in [0.05, 0.1) is 13.5 Å². The van der Waals surface area contributed by atoms with Gasteiger partial charge in [0.15, 0.2) is 0 Å². The van der Waals surface area contributed by atoms with Gasteiger partial charge in [0, 0.05) is 12.3 Å². The molecule has 0 aromatic carbocycles. The van der Waals surface area contributed by atoms with Crippen LogP contribution in [0.4, 0.5) is 0 Å². The van der Waals surface area contributed by atoms with Gasteiger partial charge in [-0.05, 0) is 19.3 Å². The van der Waals surface area contributed by atoms with Crippen molar-refractivity contribution in [2.75, 3.05) is 13.7 Å². The first-order valence-corrected chi connectivity index (χ1v) is 3.92. The smallest absolute Gasteiger partial charge is 0.311 e. The summed E-state index contributed by atoms with van der Waals surface area (Å²) >= 11 is 0. The van der Waals surface area contributed by atoms with Gasteiger partial charge in [-0.2, -0.15) is 0 Å². The van der Waals surface area contributed by atoms with Crippen molar-refractivity contribution in [2.24, 2.45) is 4.99 Å². The SMILES string of the molecule is COC(=O)CC1=NCCCC1.Cl. The van der Waals surface area contributed by atoms with Crippen LogP contribution in [-0.2, 0) is 9.53 Å². The maximum atomic E-state index is 10.8. The van der Waals surface area contributed by atoms with Gasteiger partial charge in [-0.15, -0.1) is 12.4 Å². The molecule has 4 heteroatoms. The summed E-state index contributed by atoms with van der Waals surface area (Å²) in [7, 11) is 1.41. The van der Waals surface area contributed by atoms with E-state index in [1.54, 1.807) is 0 Å². The molecule has 0 N–H and O–H groups in total. The van der Waals surface area contributed by atoms with Crippen LogP contribution in [0.2, 0.25) is 0 Å². The number of aliphatic imine (C=N–C) groups is 1. The van der Waals surface area contributed by atoms with Gasteiger partial charge in [0.1, 0.15) is 0 Å². The van der Waals surface area contributed by atoms with E-state index in [9.17, 15) is 4.79 Å². The second kappa shape index (κ2) is 6.00. The highest BCUT2D eigenvalue weighted by Gasteiger charge is 2.09. The van der Waals surface area contributed by atoms with Gasteiger partial charge in [-0.25, -0.2) is 0 Å².